The fourth-order valence-corrected chi connectivity index (χ4v) is 4.61. The van der Waals surface area contributed by atoms with Gasteiger partial charge in [-0.05, 0) is 34.7 Å². The quantitative estimate of drug-likeness (QED) is 0.346. The van der Waals surface area contributed by atoms with Crippen LogP contribution < -0.4 is 10.1 Å². The summed E-state index contributed by atoms with van der Waals surface area (Å²) in [5.41, 5.74) is 2.02. The van der Waals surface area contributed by atoms with Crippen molar-refractivity contribution in [3.8, 4) is 5.75 Å². The molecular weight excluding hydrogens is 402 g/mol. The van der Waals surface area contributed by atoms with Crippen molar-refractivity contribution < 1.29 is 9.53 Å². The Labute approximate surface area is 177 Å². The number of thiophene rings is 1. The van der Waals surface area contributed by atoms with E-state index in [0.717, 1.165) is 32.1 Å². The lowest BCUT2D eigenvalue weighted by Gasteiger charge is -2.20. The molecule has 0 aliphatic rings. The maximum absolute atomic E-state index is 12.8. The molecule has 1 amide bonds. The van der Waals surface area contributed by atoms with Gasteiger partial charge in [0.1, 0.15) is 21.9 Å². The number of nitrogens with zero attached hydrogens (tertiary/aromatic N) is 2. The number of ether oxygens (including phenoxy) is 1. The maximum atomic E-state index is 12.8. The minimum absolute atomic E-state index is 0.0540. The molecule has 0 saturated carbocycles. The van der Waals surface area contributed by atoms with Crippen LogP contribution in [0, 0.1) is 0 Å². The Hall–Kier alpha value is -2.90. The normalized spacial score (nSPS) is 11.9. The lowest BCUT2D eigenvalue weighted by atomic mass is 9.98. The Morgan fingerprint density at radius 2 is 1.83 bits per heavy atom. The van der Waals surface area contributed by atoms with E-state index in [1.54, 1.807) is 24.8 Å². The summed E-state index contributed by atoms with van der Waals surface area (Å²) in [7, 11) is 1.64. The Morgan fingerprint density at radius 1 is 1.07 bits per heavy atom. The van der Waals surface area contributed by atoms with Crippen LogP contribution in [0.1, 0.15) is 17.2 Å². The van der Waals surface area contributed by atoms with Crippen LogP contribution in [-0.2, 0) is 4.79 Å². The van der Waals surface area contributed by atoms with Gasteiger partial charge in [-0.1, -0.05) is 54.2 Å². The fourth-order valence-electron chi connectivity index (χ4n) is 3.02. The largest absolute Gasteiger partial charge is 0.497 e. The van der Waals surface area contributed by atoms with Gasteiger partial charge in [0.25, 0.3) is 0 Å². The zero-order chi connectivity index (χ0) is 20.1. The maximum Gasteiger partial charge on any atom is 0.231 e. The van der Waals surface area contributed by atoms with E-state index in [4.69, 9.17) is 4.74 Å². The first kappa shape index (κ1) is 19.4. The van der Waals surface area contributed by atoms with Crippen LogP contribution in [0.2, 0.25) is 0 Å². The second-order valence-electron chi connectivity index (χ2n) is 6.29. The molecule has 2 aromatic carbocycles. The van der Waals surface area contributed by atoms with E-state index in [1.165, 1.54) is 11.8 Å². The lowest BCUT2D eigenvalue weighted by Crippen LogP contribution is -2.30. The number of thioether (sulfide) groups is 1. The molecule has 4 rings (SSSR count). The molecule has 0 aliphatic heterocycles. The van der Waals surface area contributed by atoms with Gasteiger partial charge in [-0.2, -0.15) is 0 Å². The summed E-state index contributed by atoms with van der Waals surface area (Å²) in [5.74, 6) is 1.01. The Morgan fingerprint density at radius 3 is 2.59 bits per heavy atom. The Bertz CT molecular complexity index is 1100. The summed E-state index contributed by atoms with van der Waals surface area (Å²) >= 11 is 2.99. The molecule has 0 bridgehead atoms. The molecule has 4 aromatic rings. The minimum Gasteiger partial charge on any atom is -0.497 e. The number of fused-ring (bicyclic) bond motifs is 1. The van der Waals surface area contributed by atoms with E-state index in [9.17, 15) is 4.79 Å². The fraction of sp³-hybridized carbons (Fsp3) is 0.136. The molecule has 2 heterocycles. The molecule has 146 valence electrons. The molecule has 0 aliphatic carbocycles. The number of carbonyl (C=O) groups is 1. The van der Waals surface area contributed by atoms with Gasteiger partial charge in [0, 0.05) is 5.39 Å². The smallest absolute Gasteiger partial charge is 0.231 e. The second kappa shape index (κ2) is 9.07. The van der Waals surface area contributed by atoms with Crippen molar-refractivity contribution in [1.29, 1.82) is 0 Å². The van der Waals surface area contributed by atoms with Crippen LogP contribution in [-0.4, -0.2) is 28.7 Å². The molecule has 7 heteroatoms. The number of benzene rings is 2. The predicted octanol–water partition coefficient (Wildman–Crippen LogP) is 4.70. The average Bonchev–Trinajstić information content (AvgIpc) is 3.26. The van der Waals surface area contributed by atoms with Gasteiger partial charge in [0.05, 0.1) is 18.9 Å². The van der Waals surface area contributed by atoms with Gasteiger partial charge in [0.2, 0.25) is 5.91 Å². The number of hydrogen-bond acceptors (Lipinski definition) is 6. The van der Waals surface area contributed by atoms with Gasteiger partial charge in [-0.25, -0.2) is 9.97 Å². The molecule has 0 radical (unpaired) electrons. The van der Waals surface area contributed by atoms with Crippen molar-refractivity contribution in [3.05, 3.63) is 83.5 Å². The van der Waals surface area contributed by atoms with Crippen LogP contribution >= 0.6 is 23.1 Å². The topological polar surface area (TPSA) is 64.1 Å². The van der Waals surface area contributed by atoms with Gasteiger partial charge in [0.15, 0.2) is 0 Å². The number of hydrogen-bond donors (Lipinski definition) is 1. The highest BCUT2D eigenvalue weighted by molar-refractivity contribution is 8.00. The summed E-state index contributed by atoms with van der Waals surface area (Å²) in [6, 6.07) is 19.5. The third-order valence-electron chi connectivity index (χ3n) is 4.45. The SMILES string of the molecule is COc1ccc(C(NC(=O)CSc2ncnc3sccc23)c2ccccc2)cc1. The van der Waals surface area contributed by atoms with Gasteiger partial charge in [-0.15, -0.1) is 11.3 Å². The highest BCUT2D eigenvalue weighted by Crippen LogP contribution is 2.28. The molecule has 1 unspecified atom stereocenters. The number of rotatable bonds is 7. The number of aromatic nitrogens is 2. The van der Waals surface area contributed by atoms with Crippen molar-refractivity contribution in [1.82, 2.24) is 15.3 Å². The molecule has 2 aromatic heterocycles. The van der Waals surface area contributed by atoms with Crippen LogP contribution in [0.15, 0.2) is 77.4 Å². The zero-order valence-corrected chi connectivity index (χ0v) is 17.4. The number of amides is 1. The molecular formula is C22H19N3O2S2. The Kier molecular flexibility index (Phi) is 6.07. The van der Waals surface area contributed by atoms with Gasteiger partial charge >= 0.3 is 0 Å². The summed E-state index contributed by atoms with van der Waals surface area (Å²) in [6.45, 7) is 0. The molecule has 0 saturated heterocycles. The third kappa shape index (κ3) is 4.58. The van der Waals surface area contributed by atoms with Crippen molar-refractivity contribution in [2.45, 2.75) is 11.1 Å². The van der Waals surface area contributed by atoms with E-state index in [0.29, 0.717) is 0 Å². The molecule has 0 spiro atoms. The molecule has 29 heavy (non-hydrogen) atoms. The lowest BCUT2D eigenvalue weighted by molar-refractivity contribution is -0.119. The van der Waals surface area contributed by atoms with Crippen molar-refractivity contribution in [2.24, 2.45) is 0 Å². The number of nitrogens with one attached hydrogen (secondary N) is 1. The van der Waals surface area contributed by atoms with Crippen LogP contribution in [0.5, 0.6) is 5.75 Å². The predicted molar refractivity (Wildman–Crippen MR) is 118 cm³/mol. The molecule has 1 atom stereocenters. The molecule has 5 nitrogen and oxygen atoms in total. The third-order valence-corrected chi connectivity index (χ3v) is 6.28. The first-order valence-corrected chi connectivity index (χ1v) is 10.9. The van der Waals surface area contributed by atoms with Gasteiger partial charge in [-0.3, -0.25) is 4.79 Å². The standard InChI is InChI=1S/C22H19N3O2S2/c1-27-17-9-7-16(8-10-17)20(15-5-3-2-4-6-15)25-19(26)13-29-22-18-11-12-28-21(18)23-14-24-22/h2-12,14,20H,13H2,1H3,(H,25,26). The average molecular weight is 422 g/mol. The summed E-state index contributed by atoms with van der Waals surface area (Å²) in [4.78, 5) is 22.3. The number of methoxy groups -OCH3 is 1. The first-order valence-electron chi connectivity index (χ1n) is 9.04. The summed E-state index contributed by atoms with van der Waals surface area (Å²) in [5, 5.41) is 6.96. The summed E-state index contributed by atoms with van der Waals surface area (Å²) in [6.07, 6.45) is 1.54. The van der Waals surface area contributed by atoms with E-state index in [2.05, 4.69) is 15.3 Å². The van der Waals surface area contributed by atoms with E-state index in [1.807, 2.05) is 66.0 Å². The van der Waals surface area contributed by atoms with Crippen LogP contribution in [0.25, 0.3) is 10.2 Å². The van der Waals surface area contributed by atoms with Crippen molar-refractivity contribution in [3.63, 3.8) is 0 Å². The van der Waals surface area contributed by atoms with Crippen molar-refractivity contribution in [2.75, 3.05) is 12.9 Å². The van der Waals surface area contributed by atoms with Crippen LogP contribution in [0.3, 0.4) is 0 Å². The van der Waals surface area contributed by atoms with Crippen molar-refractivity contribution >= 4 is 39.2 Å². The highest BCUT2D eigenvalue weighted by atomic mass is 32.2. The van der Waals surface area contributed by atoms with E-state index >= 15 is 0 Å². The zero-order valence-electron chi connectivity index (χ0n) is 15.7. The molecule has 0 fully saturated rings. The summed E-state index contributed by atoms with van der Waals surface area (Å²) < 4.78 is 5.25. The highest BCUT2D eigenvalue weighted by Gasteiger charge is 2.17. The monoisotopic (exact) mass is 421 g/mol. The first-order chi connectivity index (χ1) is 14.2. The Balaban J connectivity index is 1.50. The second-order valence-corrected chi connectivity index (χ2v) is 8.15. The van der Waals surface area contributed by atoms with E-state index in [-0.39, 0.29) is 17.7 Å². The van der Waals surface area contributed by atoms with Gasteiger partial charge < -0.3 is 10.1 Å². The number of carbonyl (C=O) groups excluding carboxylic acids is 1. The minimum atomic E-state index is -0.234. The van der Waals surface area contributed by atoms with Crippen LogP contribution in [0.4, 0.5) is 0 Å². The van der Waals surface area contributed by atoms with E-state index < -0.39 is 0 Å². The molecule has 1 N–H and O–H groups in total.